The summed E-state index contributed by atoms with van der Waals surface area (Å²) in [5.41, 5.74) is 0.706. The van der Waals surface area contributed by atoms with Crippen LogP contribution in [-0.4, -0.2) is 26.1 Å². The van der Waals surface area contributed by atoms with Gasteiger partial charge in [-0.05, 0) is 37.9 Å². The van der Waals surface area contributed by atoms with Crippen LogP contribution in [0, 0.1) is 5.82 Å². The highest BCUT2D eigenvalue weighted by atomic mass is 19.3. The van der Waals surface area contributed by atoms with E-state index in [-0.39, 0.29) is 11.7 Å². The van der Waals surface area contributed by atoms with E-state index in [9.17, 15) is 13.2 Å². The van der Waals surface area contributed by atoms with Gasteiger partial charge in [0.1, 0.15) is 6.61 Å². The molecular weight excluding hydrogens is 243 g/mol. The van der Waals surface area contributed by atoms with Crippen molar-refractivity contribution in [2.45, 2.75) is 25.2 Å². The Hall–Kier alpha value is -1.23. The van der Waals surface area contributed by atoms with Gasteiger partial charge in [-0.1, -0.05) is 12.1 Å². The fourth-order valence-corrected chi connectivity index (χ4v) is 2.28. The number of piperidine rings is 1. The number of hydrogen-bond acceptors (Lipinski definition) is 2. The second-order valence-electron chi connectivity index (χ2n) is 4.38. The zero-order valence-corrected chi connectivity index (χ0v) is 9.96. The first-order chi connectivity index (χ1) is 8.68. The van der Waals surface area contributed by atoms with Crippen molar-refractivity contribution in [3.63, 3.8) is 0 Å². The number of para-hydroxylation sites is 1. The van der Waals surface area contributed by atoms with Crippen molar-refractivity contribution < 1.29 is 17.9 Å². The molecule has 18 heavy (non-hydrogen) atoms. The second-order valence-corrected chi connectivity index (χ2v) is 4.38. The molecule has 2 rings (SSSR count). The molecular formula is C13H16F3NO. The molecule has 2 nitrogen and oxygen atoms in total. The molecule has 1 aliphatic rings. The molecule has 1 saturated heterocycles. The van der Waals surface area contributed by atoms with Gasteiger partial charge in [-0.3, -0.25) is 0 Å². The Labute approximate surface area is 104 Å². The minimum absolute atomic E-state index is 0.00954. The summed E-state index contributed by atoms with van der Waals surface area (Å²) in [6.07, 6.45) is -0.853. The highest BCUT2D eigenvalue weighted by Gasteiger charge is 2.21. The summed E-state index contributed by atoms with van der Waals surface area (Å²) in [5, 5.41) is 3.21. The Morgan fingerprint density at radius 3 is 2.67 bits per heavy atom. The molecule has 1 aromatic carbocycles. The lowest BCUT2D eigenvalue weighted by molar-refractivity contribution is 0.0790. The standard InChI is InChI=1S/C13H16F3NO/c14-11-3-1-2-10(9-4-6-17-7-5-9)13(11)18-8-12(15)16/h1-3,9,12,17H,4-8H2. The normalized spacial score (nSPS) is 17.1. The van der Waals surface area contributed by atoms with E-state index in [4.69, 9.17) is 4.74 Å². The molecule has 0 atom stereocenters. The van der Waals surface area contributed by atoms with Crippen molar-refractivity contribution >= 4 is 0 Å². The van der Waals surface area contributed by atoms with Gasteiger partial charge in [0.05, 0.1) is 0 Å². The number of benzene rings is 1. The Balaban J connectivity index is 2.19. The molecule has 1 aliphatic heterocycles. The Morgan fingerprint density at radius 2 is 2.00 bits per heavy atom. The smallest absolute Gasteiger partial charge is 0.272 e. The van der Waals surface area contributed by atoms with E-state index in [1.165, 1.54) is 6.07 Å². The fraction of sp³-hybridized carbons (Fsp3) is 0.538. The van der Waals surface area contributed by atoms with Crippen LogP contribution in [0.1, 0.15) is 24.3 Å². The van der Waals surface area contributed by atoms with Gasteiger partial charge in [0, 0.05) is 5.56 Å². The average Bonchev–Trinajstić information content (AvgIpc) is 2.38. The summed E-state index contributed by atoms with van der Waals surface area (Å²) in [4.78, 5) is 0. The molecule has 100 valence electrons. The molecule has 0 saturated carbocycles. The monoisotopic (exact) mass is 259 g/mol. The zero-order chi connectivity index (χ0) is 13.0. The zero-order valence-electron chi connectivity index (χ0n) is 9.96. The molecule has 1 heterocycles. The Bertz CT molecular complexity index is 392. The van der Waals surface area contributed by atoms with Gasteiger partial charge < -0.3 is 10.1 Å². The molecule has 0 bridgehead atoms. The lowest BCUT2D eigenvalue weighted by Gasteiger charge is -2.25. The molecule has 0 aliphatic carbocycles. The molecule has 5 heteroatoms. The number of alkyl halides is 2. The van der Waals surface area contributed by atoms with E-state index in [1.54, 1.807) is 12.1 Å². The topological polar surface area (TPSA) is 21.3 Å². The number of rotatable bonds is 4. The van der Waals surface area contributed by atoms with Crippen LogP contribution in [0.4, 0.5) is 13.2 Å². The van der Waals surface area contributed by atoms with E-state index in [0.717, 1.165) is 25.9 Å². The van der Waals surface area contributed by atoms with Crippen molar-refractivity contribution in [1.29, 1.82) is 0 Å². The first kappa shape index (κ1) is 13.2. The van der Waals surface area contributed by atoms with Crippen LogP contribution < -0.4 is 10.1 Å². The van der Waals surface area contributed by atoms with Crippen molar-refractivity contribution in [2.24, 2.45) is 0 Å². The van der Waals surface area contributed by atoms with Crippen LogP contribution in [0.2, 0.25) is 0 Å². The Morgan fingerprint density at radius 1 is 1.28 bits per heavy atom. The maximum Gasteiger partial charge on any atom is 0.272 e. The summed E-state index contributed by atoms with van der Waals surface area (Å²) in [6.45, 7) is 0.948. The lowest BCUT2D eigenvalue weighted by Crippen LogP contribution is -2.27. The maximum absolute atomic E-state index is 13.7. The quantitative estimate of drug-likeness (QED) is 0.897. The first-order valence-corrected chi connectivity index (χ1v) is 6.08. The van der Waals surface area contributed by atoms with Crippen LogP contribution >= 0.6 is 0 Å². The summed E-state index contributed by atoms with van der Waals surface area (Å²) in [7, 11) is 0. The third kappa shape index (κ3) is 3.16. The minimum atomic E-state index is -2.59. The van der Waals surface area contributed by atoms with Crippen LogP contribution in [0.5, 0.6) is 5.75 Å². The molecule has 1 aromatic rings. The fourth-order valence-electron chi connectivity index (χ4n) is 2.28. The van der Waals surface area contributed by atoms with Gasteiger partial charge in [0.25, 0.3) is 6.43 Å². The molecule has 0 unspecified atom stereocenters. The van der Waals surface area contributed by atoms with Gasteiger partial charge in [0.2, 0.25) is 0 Å². The maximum atomic E-state index is 13.7. The molecule has 0 radical (unpaired) electrons. The average molecular weight is 259 g/mol. The SMILES string of the molecule is Fc1cccc(C2CCNCC2)c1OCC(F)F. The molecule has 1 fully saturated rings. The van der Waals surface area contributed by atoms with Crippen molar-refractivity contribution in [3.8, 4) is 5.75 Å². The summed E-state index contributed by atoms with van der Waals surface area (Å²) < 4.78 is 42.9. The van der Waals surface area contributed by atoms with Crippen LogP contribution in [0.3, 0.4) is 0 Å². The third-order valence-electron chi connectivity index (χ3n) is 3.13. The largest absolute Gasteiger partial charge is 0.484 e. The van der Waals surface area contributed by atoms with Crippen LogP contribution in [0.25, 0.3) is 0 Å². The molecule has 1 N–H and O–H groups in total. The first-order valence-electron chi connectivity index (χ1n) is 6.08. The summed E-state index contributed by atoms with van der Waals surface area (Å²) in [5.74, 6) is -0.397. The van der Waals surface area contributed by atoms with E-state index in [2.05, 4.69) is 5.32 Å². The summed E-state index contributed by atoms with van der Waals surface area (Å²) in [6, 6.07) is 4.60. The summed E-state index contributed by atoms with van der Waals surface area (Å²) >= 11 is 0. The van der Waals surface area contributed by atoms with E-state index >= 15 is 0 Å². The molecule has 0 aromatic heterocycles. The van der Waals surface area contributed by atoms with Gasteiger partial charge in [-0.15, -0.1) is 0 Å². The predicted octanol–water partition coefficient (Wildman–Crippen LogP) is 2.94. The molecule has 0 spiro atoms. The lowest BCUT2D eigenvalue weighted by atomic mass is 9.89. The van der Waals surface area contributed by atoms with Crippen molar-refractivity contribution in [1.82, 2.24) is 5.32 Å². The van der Waals surface area contributed by atoms with Crippen molar-refractivity contribution in [2.75, 3.05) is 19.7 Å². The Kier molecular flexibility index (Phi) is 4.47. The van der Waals surface area contributed by atoms with Crippen LogP contribution in [-0.2, 0) is 0 Å². The van der Waals surface area contributed by atoms with E-state index in [0.29, 0.717) is 5.56 Å². The second kappa shape index (κ2) is 6.09. The van der Waals surface area contributed by atoms with Crippen molar-refractivity contribution in [3.05, 3.63) is 29.6 Å². The molecule has 0 amide bonds. The highest BCUT2D eigenvalue weighted by Crippen LogP contribution is 2.34. The van der Waals surface area contributed by atoms with Gasteiger partial charge in [0.15, 0.2) is 11.6 Å². The number of halogens is 3. The third-order valence-corrected chi connectivity index (χ3v) is 3.13. The van der Waals surface area contributed by atoms with Gasteiger partial charge >= 0.3 is 0 Å². The van der Waals surface area contributed by atoms with E-state index < -0.39 is 18.8 Å². The van der Waals surface area contributed by atoms with Gasteiger partial charge in [-0.25, -0.2) is 13.2 Å². The number of ether oxygens (including phenoxy) is 1. The van der Waals surface area contributed by atoms with Crippen LogP contribution in [0.15, 0.2) is 18.2 Å². The number of nitrogens with one attached hydrogen (secondary N) is 1. The number of hydrogen-bond donors (Lipinski definition) is 1. The van der Waals surface area contributed by atoms with Gasteiger partial charge in [-0.2, -0.15) is 0 Å². The minimum Gasteiger partial charge on any atom is -0.484 e. The predicted molar refractivity (Wildman–Crippen MR) is 62.7 cm³/mol. The highest BCUT2D eigenvalue weighted by molar-refractivity contribution is 5.38. The van der Waals surface area contributed by atoms with E-state index in [1.807, 2.05) is 0 Å².